The molecule has 0 aliphatic heterocycles. The summed E-state index contributed by atoms with van der Waals surface area (Å²) in [5.74, 6) is -0.393. The van der Waals surface area contributed by atoms with E-state index in [9.17, 15) is 19.2 Å². The highest BCUT2D eigenvalue weighted by Crippen LogP contribution is 2.46. The molecule has 33 heavy (non-hydrogen) atoms. The average Bonchev–Trinajstić information content (AvgIpc) is 3.55. The molecule has 174 valence electrons. The SMILES string of the molecule is CCOC(=O)c1c(C(=S=O)c2ccc(O)cc2)n(C2CC2)c2cc(Br)c(O)c(CN(C)C)c12. The van der Waals surface area contributed by atoms with Crippen molar-refractivity contribution < 1.29 is 24.0 Å². The molecule has 0 bridgehead atoms. The van der Waals surface area contributed by atoms with Crippen LogP contribution < -0.4 is 0 Å². The number of esters is 1. The van der Waals surface area contributed by atoms with Crippen LogP contribution in [0.2, 0.25) is 0 Å². The number of aromatic nitrogens is 1. The van der Waals surface area contributed by atoms with Crippen molar-refractivity contribution in [3.8, 4) is 11.5 Å². The Morgan fingerprint density at radius 2 is 1.91 bits per heavy atom. The Hall–Kier alpha value is -2.62. The molecule has 3 aromatic rings. The minimum absolute atomic E-state index is 0.0576. The first-order valence-electron chi connectivity index (χ1n) is 10.6. The van der Waals surface area contributed by atoms with Gasteiger partial charge in [0.2, 0.25) is 0 Å². The van der Waals surface area contributed by atoms with Gasteiger partial charge in [0.15, 0.2) is 0 Å². The third-order valence-electron chi connectivity index (χ3n) is 5.61. The van der Waals surface area contributed by atoms with Gasteiger partial charge >= 0.3 is 5.97 Å². The molecular formula is C24H25BrN2O5S. The van der Waals surface area contributed by atoms with Crippen molar-refractivity contribution in [1.82, 2.24) is 9.47 Å². The third kappa shape index (κ3) is 4.32. The van der Waals surface area contributed by atoms with Crippen molar-refractivity contribution in [3.63, 3.8) is 0 Å². The molecule has 1 aliphatic rings. The lowest BCUT2D eigenvalue weighted by Gasteiger charge is -2.15. The standard InChI is InChI=1S/C24H25BrN2O5S/c1-4-32-24(30)20-19-16(12-26(2)3)22(29)17(25)11-18(19)27(14-7-8-14)21(20)23(33-31)13-5-9-15(28)10-6-13/h5-6,9-11,14,28-29H,4,7-8,12H2,1-3H3. The van der Waals surface area contributed by atoms with Gasteiger partial charge in [0.25, 0.3) is 0 Å². The van der Waals surface area contributed by atoms with Gasteiger partial charge in [0.05, 0.1) is 44.0 Å². The van der Waals surface area contributed by atoms with Gasteiger partial charge in [-0.3, -0.25) is 0 Å². The van der Waals surface area contributed by atoms with Gasteiger partial charge < -0.3 is 24.4 Å². The molecule has 0 saturated heterocycles. The number of nitrogens with zero attached hydrogens (tertiary/aromatic N) is 2. The number of phenolic OH excluding ortho intramolecular Hbond substituents is 2. The number of ether oxygens (including phenoxy) is 1. The largest absolute Gasteiger partial charge is 0.508 e. The van der Waals surface area contributed by atoms with Crippen LogP contribution in [0.4, 0.5) is 0 Å². The second kappa shape index (κ2) is 9.32. The Bertz CT molecular complexity index is 1290. The van der Waals surface area contributed by atoms with Gasteiger partial charge in [-0.05, 0) is 85.7 Å². The summed E-state index contributed by atoms with van der Waals surface area (Å²) in [6, 6.07) is 8.28. The van der Waals surface area contributed by atoms with Crippen molar-refractivity contribution in [1.29, 1.82) is 0 Å². The molecule has 1 fully saturated rings. The zero-order valence-electron chi connectivity index (χ0n) is 18.6. The van der Waals surface area contributed by atoms with Crippen LogP contribution in [-0.4, -0.2) is 55.4 Å². The minimum atomic E-state index is -0.538. The number of aromatic hydroxyl groups is 2. The fourth-order valence-electron chi connectivity index (χ4n) is 4.15. The lowest BCUT2D eigenvalue weighted by molar-refractivity contribution is 0.0528. The summed E-state index contributed by atoms with van der Waals surface area (Å²) in [6.45, 7) is 2.31. The molecule has 2 N–H and O–H groups in total. The van der Waals surface area contributed by atoms with E-state index in [1.54, 1.807) is 25.1 Å². The second-order valence-electron chi connectivity index (χ2n) is 8.32. The van der Waals surface area contributed by atoms with E-state index in [4.69, 9.17) is 4.74 Å². The fourth-order valence-corrected chi connectivity index (χ4v) is 5.12. The van der Waals surface area contributed by atoms with Crippen LogP contribution >= 0.6 is 15.9 Å². The van der Waals surface area contributed by atoms with Crippen LogP contribution in [0.5, 0.6) is 11.5 Å². The summed E-state index contributed by atoms with van der Waals surface area (Å²) < 4.78 is 20.5. The van der Waals surface area contributed by atoms with E-state index in [0.717, 1.165) is 18.4 Å². The van der Waals surface area contributed by atoms with Gasteiger partial charge in [-0.25, -0.2) is 9.00 Å². The molecular weight excluding hydrogens is 508 g/mol. The van der Waals surface area contributed by atoms with Gasteiger partial charge in [-0.15, -0.1) is 0 Å². The fraction of sp³-hybridized carbons (Fsp3) is 0.333. The zero-order valence-corrected chi connectivity index (χ0v) is 21.0. The van der Waals surface area contributed by atoms with Crippen LogP contribution in [0, 0.1) is 0 Å². The summed E-state index contributed by atoms with van der Waals surface area (Å²) in [4.78, 5) is 15.7. The molecule has 0 amide bonds. The molecule has 2 aromatic carbocycles. The van der Waals surface area contributed by atoms with Crippen molar-refractivity contribution in [3.05, 3.63) is 57.2 Å². The molecule has 7 nitrogen and oxygen atoms in total. The number of hydrogen-bond acceptors (Lipinski definition) is 6. The number of fused-ring (bicyclic) bond motifs is 1. The van der Waals surface area contributed by atoms with Crippen LogP contribution in [0.15, 0.2) is 34.8 Å². The van der Waals surface area contributed by atoms with E-state index >= 15 is 0 Å². The molecule has 1 saturated carbocycles. The molecule has 9 heteroatoms. The van der Waals surface area contributed by atoms with E-state index in [0.29, 0.717) is 49.3 Å². The number of carbonyl (C=O) groups is 1. The quantitative estimate of drug-likeness (QED) is 0.269. The number of rotatable bonds is 7. The lowest BCUT2D eigenvalue weighted by Crippen LogP contribution is -2.17. The maximum Gasteiger partial charge on any atom is 0.341 e. The van der Waals surface area contributed by atoms with E-state index in [1.807, 2.05) is 23.6 Å². The van der Waals surface area contributed by atoms with Crippen LogP contribution in [0.1, 0.15) is 53.0 Å². The molecule has 1 heterocycles. The topological polar surface area (TPSA) is 92.0 Å². The van der Waals surface area contributed by atoms with Gasteiger partial charge in [-0.2, -0.15) is 0 Å². The summed E-state index contributed by atoms with van der Waals surface area (Å²) in [6.07, 6.45) is 1.85. The first-order chi connectivity index (χ1) is 15.8. The number of carbonyl (C=O) groups excluding carboxylic acids is 1. The third-order valence-corrected chi connectivity index (χ3v) is 6.81. The van der Waals surface area contributed by atoms with Gasteiger partial charge in [0, 0.05) is 23.5 Å². The predicted molar refractivity (Wildman–Crippen MR) is 132 cm³/mol. The second-order valence-corrected chi connectivity index (χ2v) is 9.75. The van der Waals surface area contributed by atoms with E-state index in [2.05, 4.69) is 15.9 Å². The van der Waals surface area contributed by atoms with E-state index in [-0.39, 0.29) is 29.7 Å². The molecule has 4 rings (SSSR count). The molecule has 0 radical (unpaired) electrons. The number of benzene rings is 2. The van der Waals surface area contributed by atoms with Crippen molar-refractivity contribution >= 4 is 48.9 Å². The Morgan fingerprint density at radius 1 is 1.24 bits per heavy atom. The molecule has 0 unspecified atom stereocenters. The Morgan fingerprint density at radius 3 is 2.45 bits per heavy atom. The summed E-state index contributed by atoms with van der Waals surface area (Å²) >= 11 is 3.78. The molecule has 0 spiro atoms. The van der Waals surface area contributed by atoms with Gasteiger partial charge in [-0.1, -0.05) is 0 Å². The predicted octanol–water partition coefficient (Wildman–Crippen LogP) is 4.17. The highest BCUT2D eigenvalue weighted by Gasteiger charge is 2.36. The van der Waals surface area contributed by atoms with Crippen molar-refractivity contribution in [2.75, 3.05) is 20.7 Å². The number of hydrogen-bond donors (Lipinski definition) is 2. The highest BCUT2D eigenvalue weighted by molar-refractivity contribution is 9.10. The molecule has 1 aromatic heterocycles. The lowest BCUT2D eigenvalue weighted by atomic mass is 10.0. The Balaban J connectivity index is 2.16. The Labute approximate surface area is 203 Å². The minimum Gasteiger partial charge on any atom is -0.508 e. The van der Waals surface area contributed by atoms with Crippen LogP contribution in [0.3, 0.4) is 0 Å². The van der Waals surface area contributed by atoms with E-state index in [1.165, 1.54) is 12.1 Å². The maximum absolute atomic E-state index is 13.4. The molecule has 1 aliphatic carbocycles. The van der Waals surface area contributed by atoms with E-state index < -0.39 is 5.97 Å². The zero-order chi connectivity index (χ0) is 23.9. The number of halogens is 1. The summed E-state index contributed by atoms with van der Waals surface area (Å²) in [7, 11) is 3.77. The van der Waals surface area contributed by atoms with Crippen molar-refractivity contribution in [2.45, 2.75) is 32.4 Å². The van der Waals surface area contributed by atoms with Crippen molar-refractivity contribution in [2.24, 2.45) is 0 Å². The van der Waals surface area contributed by atoms with Gasteiger partial charge in [0.1, 0.15) is 11.5 Å². The Kier molecular flexibility index (Phi) is 6.65. The first kappa shape index (κ1) is 23.5. The highest BCUT2D eigenvalue weighted by atomic mass is 79.9. The normalized spacial score (nSPS) is 13.5. The summed E-state index contributed by atoms with van der Waals surface area (Å²) in [5.41, 5.74) is 2.73. The van der Waals surface area contributed by atoms with Crippen LogP contribution in [0.25, 0.3) is 10.9 Å². The molecule has 0 atom stereocenters. The smallest absolute Gasteiger partial charge is 0.341 e. The summed E-state index contributed by atoms with van der Waals surface area (Å²) in [5, 5.41) is 21.3. The maximum atomic E-state index is 13.4. The number of phenols is 2. The monoisotopic (exact) mass is 532 g/mol. The van der Waals surface area contributed by atoms with Crippen LogP contribution in [-0.2, 0) is 22.5 Å². The average molecular weight is 533 g/mol. The first-order valence-corrected chi connectivity index (χ1v) is 12.2.